The van der Waals surface area contributed by atoms with Crippen LogP contribution in [0.2, 0.25) is 0 Å². The number of methoxy groups -OCH3 is 3. The van der Waals surface area contributed by atoms with E-state index in [4.69, 9.17) is 14.2 Å². The molecule has 0 bridgehead atoms. The van der Waals surface area contributed by atoms with Crippen molar-refractivity contribution >= 4 is 18.1 Å². The molecule has 0 fully saturated rings. The van der Waals surface area contributed by atoms with E-state index in [0.29, 0.717) is 11.3 Å². The SMILES string of the molecule is COC(=O)CC(CC(=O)OC)OC(=O)OCc1ccccc1OC. The van der Waals surface area contributed by atoms with Crippen molar-refractivity contribution < 1.29 is 38.1 Å². The van der Waals surface area contributed by atoms with Gasteiger partial charge >= 0.3 is 18.1 Å². The summed E-state index contributed by atoms with van der Waals surface area (Å²) in [6.07, 6.45) is -2.61. The normalized spacial score (nSPS) is 10.0. The molecule has 0 aliphatic rings. The van der Waals surface area contributed by atoms with Crippen LogP contribution in [0.15, 0.2) is 24.3 Å². The molecule has 0 radical (unpaired) electrons. The van der Waals surface area contributed by atoms with Crippen LogP contribution in [0.5, 0.6) is 5.75 Å². The molecule has 8 heteroatoms. The molecule has 0 atom stereocenters. The molecule has 0 N–H and O–H groups in total. The van der Waals surface area contributed by atoms with Crippen molar-refractivity contribution in [1.29, 1.82) is 0 Å². The van der Waals surface area contributed by atoms with Gasteiger partial charge in [0.2, 0.25) is 0 Å². The lowest BCUT2D eigenvalue weighted by Crippen LogP contribution is -2.26. The lowest BCUT2D eigenvalue weighted by Gasteiger charge is -2.16. The van der Waals surface area contributed by atoms with Gasteiger partial charge in [0.15, 0.2) is 0 Å². The van der Waals surface area contributed by atoms with Gasteiger partial charge in [-0.2, -0.15) is 0 Å². The second-order valence-corrected chi connectivity index (χ2v) is 4.65. The minimum atomic E-state index is -1.03. The highest BCUT2D eigenvalue weighted by Crippen LogP contribution is 2.18. The van der Waals surface area contributed by atoms with Crippen LogP contribution in [-0.4, -0.2) is 45.5 Å². The minimum absolute atomic E-state index is 0.0774. The maximum Gasteiger partial charge on any atom is 0.508 e. The van der Waals surface area contributed by atoms with E-state index in [1.807, 2.05) is 0 Å². The summed E-state index contributed by atoms with van der Waals surface area (Å²) in [5.74, 6) is -0.686. The highest BCUT2D eigenvalue weighted by atomic mass is 16.7. The monoisotopic (exact) mass is 340 g/mol. The molecule has 0 saturated heterocycles. The first kappa shape index (κ1) is 19.3. The Bertz CT molecular complexity index is 551. The summed E-state index contributed by atoms with van der Waals surface area (Å²) in [5, 5.41) is 0. The van der Waals surface area contributed by atoms with Crippen molar-refractivity contribution in [1.82, 2.24) is 0 Å². The first-order valence-electron chi connectivity index (χ1n) is 7.09. The van der Waals surface area contributed by atoms with Gasteiger partial charge < -0.3 is 23.7 Å². The third-order valence-corrected chi connectivity index (χ3v) is 3.04. The molecule has 132 valence electrons. The Morgan fingerprint density at radius 1 is 0.958 bits per heavy atom. The van der Waals surface area contributed by atoms with Crippen molar-refractivity contribution in [3.63, 3.8) is 0 Å². The second-order valence-electron chi connectivity index (χ2n) is 4.65. The van der Waals surface area contributed by atoms with Crippen molar-refractivity contribution in [3.8, 4) is 5.75 Å². The number of carbonyl (C=O) groups excluding carboxylic acids is 3. The summed E-state index contributed by atoms with van der Waals surface area (Å²) in [4.78, 5) is 34.4. The van der Waals surface area contributed by atoms with Crippen LogP contribution in [0.3, 0.4) is 0 Å². The van der Waals surface area contributed by atoms with E-state index in [1.54, 1.807) is 24.3 Å². The largest absolute Gasteiger partial charge is 0.508 e. The van der Waals surface area contributed by atoms with Crippen molar-refractivity contribution in [3.05, 3.63) is 29.8 Å². The van der Waals surface area contributed by atoms with Gasteiger partial charge in [-0.1, -0.05) is 18.2 Å². The highest BCUT2D eigenvalue weighted by molar-refractivity contribution is 5.74. The molecule has 1 aromatic rings. The number of benzene rings is 1. The van der Waals surface area contributed by atoms with Gasteiger partial charge in [0, 0.05) is 5.56 Å². The summed E-state index contributed by atoms with van der Waals surface area (Å²) >= 11 is 0. The molecule has 1 rings (SSSR count). The minimum Gasteiger partial charge on any atom is -0.496 e. The first-order valence-corrected chi connectivity index (χ1v) is 7.09. The lowest BCUT2D eigenvalue weighted by molar-refractivity contribution is -0.147. The number of hydrogen-bond acceptors (Lipinski definition) is 8. The van der Waals surface area contributed by atoms with Crippen LogP contribution in [0, 0.1) is 0 Å². The Morgan fingerprint density at radius 2 is 1.54 bits per heavy atom. The highest BCUT2D eigenvalue weighted by Gasteiger charge is 2.23. The predicted octanol–water partition coefficient (Wildman–Crippen LogP) is 1.84. The number of carbonyl (C=O) groups is 3. The van der Waals surface area contributed by atoms with Gasteiger partial charge in [-0.15, -0.1) is 0 Å². The molecular weight excluding hydrogens is 320 g/mol. The molecule has 0 aromatic heterocycles. The summed E-state index contributed by atoms with van der Waals surface area (Å²) < 4.78 is 24.1. The van der Waals surface area contributed by atoms with E-state index in [0.717, 1.165) is 0 Å². The van der Waals surface area contributed by atoms with E-state index in [2.05, 4.69) is 9.47 Å². The Hall–Kier alpha value is -2.77. The molecule has 8 nitrogen and oxygen atoms in total. The summed E-state index contributed by atoms with van der Waals surface area (Å²) in [7, 11) is 3.88. The Balaban J connectivity index is 2.60. The zero-order chi connectivity index (χ0) is 17.9. The first-order chi connectivity index (χ1) is 11.5. The van der Waals surface area contributed by atoms with Crippen LogP contribution >= 0.6 is 0 Å². The quantitative estimate of drug-likeness (QED) is 0.522. The average Bonchev–Trinajstić information content (AvgIpc) is 2.59. The van der Waals surface area contributed by atoms with E-state index in [1.165, 1.54) is 21.3 Å². The topological polar surface area (TPSA) is 97.4 Å². The lowest BCUT2D eigenvalue weighted by atomic mass is 10.2. The summed E-state index contributed by atoms with van der Waals surface area (Å²) in [6.45, 7) is -0.0774. The number of hydrogen-bond donors (Lipinski definition) is 0. The third-order valence-electron chi connectivity index (χ3n) is 3.04. The van der Waals surface area contributed by atoms with E-state index >= 15 is 0 Å². The van der Waals surface area contributed by atoms with Crippen molar-refractivity contribution in [2.24, 2.45) is 0 Å². The third kappa shape index (κ3) is 6.55. The van der Waals surface area contributed by atoms with Crippen molar-refractivity contribution in [2.75, 3.05) is 21.3 Å². The van der Waals surface area contributed by atoms with Crippen LogP contribution in [0.1, 0.15) is 18.4 Å². The number of para-hydroxylation sites is 1. The number of ether oxygens (including phenoxy) is 5. The van der Waals surface area contributed by atoms with Gasteiger partial charge in [0.05, 0.1) is 34.2 Å². The zero-order valence-corrected chi connectivity index (χ0v) is 13.8. The summed E-state index contributed by atoms with van der Waals surface area (Å²) in [5.41, 5.74) is 0.648. The molecule has 1 aromatic carbocycles. The average molecular weight is 340 g/mol. The number of rotatable bonds is 8. The molecule has 24 heavy (non-hydrogen) atoms. The Kier molecular flexibility index (Phi) is 8.10. The molecule has 0 aliphatic heterocycles. The number of esters is 2. The fourth-order valence-corrected chi connectivity index (χ4v) is 1.82. The molecule has 0 unspecified atom stereocenters. The molecule has 0 amide bonds. The molecule has 0 saturated carbocycles. The molecule has 0 spiro atoms. The maximum atomic E-state index is 11.8. The Labute approximate surface area is 139 Å². The van der Waals surface area contributed by atoms with Crippen molar-refractivity contribution in [2.45, 2.75) is 25.6 Å². The molecule has 0 heterocycles. The molecule has 0 aliphatic carbocycles. The predicted molar refractivity (Wildman–Crippen MR) is 81.3 cm³/mol. The van der Waals surface area contributed by atoms with Crippen LogP contribution < -0.4 is 4.74 Å². The fraction of sp³-hybridized carbons (Fsp3) is 0.438. The standard InChI is InChI=1S/C16H20O8/c1-20-13-7-5-4-6-11(13)10-23-16(19)24-12(8-14(17)21-2)9-15(18)22-3/h4-7,12H,8-10H2,1-3H3. The van der Waals surface area contributed by atoms with Gasteiger partial charge in [0.1, 0.15) is 18.5 Å². The Morgan fingerprint density at radius 3 is 2.08 bits per heavy atom. The fourth-order valence-electron chi connectivity index (χ4n) is 1.82. The van der Waals surface area contributed by atoms with Crippen LogP contribution in [0.4, 0.5) is 4.79 Å². The molecular formula is C16H20O8. The van der Waals surface area contributed by atoms with E-state index < -0.39 is 24.2 Å². The van der Waals surface area contributed by atoms with E-state index in [9.17, 15) is 14.4 Å². The summed E-state index contributed by atoms with van der Waals surface area (Å²) in [6, 6.07) is 7.00. The smallest absolute Gasteiger partial charge is 0.496 e. The van der Waals surface area contributed by atoms with Crippen LogP contribution in [0.25, 0.3) is 0 Å². The van der Waals surface area contributed by atoms with Gasteiger partial charge in [0.25, 0.3) is 0 Å². The van der Waals surface area contributed by atoms with Crippen LogP contribution in [-0.2, 0) is 35.1 Å². The van der Waals surface area contributed by atoms with Gasteiger partial charge in [-0.25, -0.2) is 4.79 Å². The van der Waals surface area contributed by atoms with Gasteiger partial charge in [-0.3, -0.25) is 9.59 Å². The van der Waals surface area contributed by atoms with Gasteiger partial charge in [-0.05, 0) is 6.07 Å². The second kappa shape index (κ2) is 10.1. The maximum absolute atomic E-state index is 11.8. The van der Waals surface area contributed by atoms with E-state index in [-0.39, 0.29) is 19.4 Å². The zero-order valence-electron chi connectivity index (χ0n) is 13.8.